The Morgan fingerprint density at radius 1 is 0.704 bits per heavy atom. The second-order valence-corrected chi connectivity index (χ2v) is 6.54. The van der Waals surface area contributed by atoms with Gasteiger partial charge in [0.15, 0.2) is 0 Å². The molecule has 0 fully saturated rings. The second kappa shape index (κ2) is 22.4. The molecule has 0 aliphatic rings. The minimum atomic E-state index is -2.22. The van der Waals surface area contributed by atoms with Gasteiger partial charge in [0.25, 0.3) is 0 Å². The van der Waals surface area contributed by atoms with E-state index < -0.39 is 8.60 Å². The Morgan fingerprint density at radius 2 is 1.30 bits per heavy atom. The van der Waals surface area contributed by atoms with E-state index in [-0.39, 0.29) is 12.7 Å². The second-order valence-electron chi connectivity index (χ2n) is 5.62. The van der Waals surface area contributed by atoms with Crippen LogP contribution in [0.5, 0.6) is 0 Å². The Bertz CT molecular complexity index is 286. The first-order valence-corrected chi connectivity index (χ1v) is 11.0. The Hall–Kier alpha value is 0.110. The standard InChI is InChI=1S/C18H38O8P/c1-4-7-9-22-13-14-24-15-16-25-27(19)26-18(17-21-6-3)8-10-23-12-11-20-5-2/h18H,4-17H2,1-3H3/q-1. The molecule has 0 aromatic heterocycles. The van der Waals surface area contributed by atoms with Crippen LogP contribution in [0.2, 0.25) is 0 Å². The molecular weight excluding hydrogens is 375 g/mol. The minimum Gasteiger partial charge on any atom is -0.786 e. The van der Waals surface area contributed by atoms with E-state index in [9.17, 15) is 4.89 Å². The summed E-state index contributed by atoms with van der Waals surface area (Å²) < 4.78 is 37.3. The molecule has 0 amide bonds. The average molecular weight is 413 g/mol. The number of rotatable bonds is 22. The molecule has 0 aliphatic heterocycles. The molecule has 0 aromatic rings. The first-order chi connectivity index (χ1) is 13.2. The molecule has 0 saturated carbocycles. The van der Waals surface area contributed by atoms with Gasteiger partial charge in [-0.3, -0.25) is 0 Å². The van der Waals surface area contributed by atoms with Crippen LogP contribution in [0.3, 0.4) is 0 Å². The minimum absolute atomic E-state index is 0.205. The normalized spacial score (nSPS) is 13.8. The highest BCUT2D eigenvalue weighted by molar-refractivity contribution is 7.39. The van der Waals surface area contributed by atoms with E-state index in [2.05, 4.69) is 6.92 Å². The van der Waals surface area contributed by atoms with Gasteiger partial charge in [0.1, 0.15) is 0 Å². The molecular formula is C18H38O8P-. The molecule has 0 spiro atoms. The number of ether oxygens (including phenoxy) is 5. The summed E-state index contributed by atoms with van der Waals surface area (Å²) >= 11 is 0. The molecule has 9 heteroatoms. The summed E-state index contributed by atoms with van der Waals surface area (Å²) in [5.74, 6) is 0. The fourth-order valence-corrected chi connectivity index (χ4v) is 2.58. The third-order valence-corrected chi connectivity index (χ3v) is 4.21. The van der Waals surface area contributed by atoms with E-state index in [1.807, 2.05) is 13.8 Å². The van der Waals surface area contributed by atoms with E-state index in [1.165, 1.54) is 0 Å². The van der Waals surface area contributed by atoms with Crippen LogP contribution in [-0.2, 0) is 32.7 Å². The monoisotopic (exact) mass is 413 g/mol. The third kappa shape index (κ3) is 20.7. The van der Waals surface area contributed by atoms with Gasteiger partial charge in [0, 0.05) is 26.4 Å². The zero-order valence-corrected chi connectivity index (χ0v) is 18.1. The van der Waals surface area contributed by atoms with Crippen molar-refractivity contribution in [2.75, 3.05) is 72.7 Å². The van der Waals surface area contributed by atoms with E-state index in [1.54, 1.807) is 0 Å². The molecule has 0 heterocycles. The molecule has 2 unspecified atom stereocenters. The van der Waals surface area contributed by atoms with Gasteiger partial charge in [-0.15, -0.1) is 0 Å². The summed E-state index contributed by atoms with van der Waals surface area (Å²) in [5, 5.41) is 0. The topological polar surface area (TPSA) is 87.7 Å². The van der Waals surface area contributed by atoms with Gasteiger partial charge in [0.2, 0.25) is 0 Å². The largest absolute Gasteiger partial charge is 0.786 e. The van der Waals surface area contributed by atoms with Crippen molar-refractivity contribution in [2.24, 2.45) is 0 Å². The lowest BCUT2D eigenvalue weighted by atomic mass is 10.3. The molecule has 0 rings (SSSR count). The van der Waals surface area contributed by atoms with Crippen molar-refractivity contribution in [3.05, 3.63) is 0 Å². The van der Waals surface area contributed by atoms with E-state index in [4.69, 9.17) is 32.7 Å². The number of hydrogen-bond acceptors (Lipinski definition) is 8. The van der Waals surface area contributed by atoms with Crippen LogP contribution in [0.1, 0.15) is 40.0 Å². The van der Waals surface area contributed by atoms with Gasteiger partial charge < -0.3 is 37.6 Å². The van der Waals surface area contributed by atoms with Crippen molar-refractivity contribution < 1.29 is 37.6 Å². The van der Waals surface area contributed by atoms with Crippen LogP contribution >= 0.6 is 8.60 Å². The smallest absolute Gasteiger partial charge is 0.0887 e. The fraction of sp³-hybridized carbons (Fsp3) is 1.00. The van der Waals surface area contributed by atoms with E-state index in [0.717, 1.165) is 19.4 Å². The Morgan fingerprint density at radius 3 is 1.96 bits per heavy atom. The van der Waals surface area contributed by atoms with Gasteiger partial charge in [0.05, 0.1) is 61.0 Å². The first kappa shape index (κ1) is 27.1. The quantitative estimate of drug-likeness (QED) is 0.197. The van der Waals surface area contributed by atoms with Crippen molar-refractivity contribution in [1.82, 2.24) is 0 Å². The van der Waals surface area contributed by atoms with Crippen LogP contribution in [0.4, 0.5) is 0 Å². The van der Waals surface area contributed by atoms with Crippen LogP contribution in [0, 0.1) is 0 Å². The summed E-state index contributed by atoms with van der Waals surface area (Å²) in [7, 11) is -2.22. The highest BCUT2D eigenvalue weighted by atomic mass is 31.2. The fourth-order valence-electron chi connectivity index (χ4n) is 1.89. The lowest BCUT2D eigenvalue weighted by molar-refractivity contribution is -0.211. The molecule has 0 N–H and O–H groups in total. The highest BCUT2D eigenvalue weighted by Gasteiger charge is 2.12. The lowest BCUT2D eigenvalue weighted by Gasteiger charge is -2.27. The van der Waals surface area contributed by atoms with Gasteiger partial charge in [-0.05, 0) is 26.7 Å². The molecule has 27 heavy (non-hydrogen) atoms. The summed E-state index contributed by atoms with van der Waals surface area (Å²) in [4.78, 5) is 11.9. The number of unbranched alkanes of at least 4 members (excludes halogenated alkanes) is 1. The maximum atomic E-state index is 11.9. The van der Waals surface area contributed by atoms with Crippen molar-refractivity contribution in [2.45, 2.75) is 46.1 Å². The van der Waals surface area contributed by atoms with Crippen LogP contribution in [-0.4, -0.2) is 78.8 Å². The summed E-state index contributed by atoms with van der Waals surface area (Å²) in [6.45, 7) is 11.5. The van der Waals surface area contributed by atoms with E-state index >= 15 is 0 Å². The van der Waals surface area contributed by atoms with Gasteiger partial charge in [-0.2, -0.15) is 0 Å². The Labute approximate surface area is 165 Å². The lowest BCUT2D eigenvalue weighted by Crippen LogP contribution is -2.23. The zero-order chi connectivity index (χ0) is 20.0. The van der Waals surface area contributed by atoms with Crippen molar-refractivity contribution >= 4 is 8.60 Å². The predicted molar refractivity (Wildman–Crippen MR) is 103 cm³/mol. The summed E-state index contributed by atoms with van der Waals surface area (Å²) in [6, 6.07) is 0. The van der Waals surface area contributed by atoms with Crippen LogP contribution < -0.4 is 4.89 Å². The molecule has 164 valence electrons. The molecule has 2 atom stereocenters. The van der Waals surface area contributed by atoms with Crippen molar-refractivity contribution in [1.29, 1.82) is 0 Å². The molecule has 0 bridgehead atoms. The molecule has 0 radical (unpaired) electrons. The van der Waals surface area contributed by atoms with Crippen molar-refractivity contribution in [3.8, 4) is 0 Å². The number of hydrogen-bond donors (Lipinski definition) is 0. The Balaban J connectivity index is 3.70. The molecule has 0 aliphatic carbocycles. The van der Waals surface area contributed by atoms with Gasteiger partial charge in [-0.1, -0.05) is 13.3 Å². The van der Waals surface area contributed by atoms with Crippen molar-refractivity contribution in [3.63, 3.8) is 0 Å². The maximum Gasteiger partial charge on any atom is 0.0887 e. The van der Waals surface area contributed by atoms with Gasteiger partial charge in [-0.25, -0.2) is 0 Å². The predicted octanol–water partition coefficient (Wildman–Crippen LogP) is 2.29. The zero-order valence-electron chi connectivity index (χ0n) is 17.2. The highest BCUT2D eigenvalue weighted by Crippen LogP contribution is 2.30. The molecule has 0 aromatic carbocycles. The first-order valence-electron chi connectivity index (χ1n) is 9.90. The third-order valence-electron chi connectivity index (χ3n) is 3.34. The van der Waals surface area contributed by atoms with E-state index in [0.29, 0.717) is 65.9 Å². The average Bonchev–Trinajstić information content (AvgIpc) is 2.67. The summed E-state index contributed by atoms with van der Waals surface area (Å²) in [6.07, 6.45) is 2.41. The van der Waals surface area contributed by atoms with Crippen LogP contribution in [0.15, 0.2) is 0 Å². The summed E-state index contributed by atoms with van der Waals surface area (Å²) in [5.41, 5.74) is 0. The molecule has 0 saturated heterocycles. The SMILES string of the molecule is CCCCOCCOCCOP([O-])OC(CCOCCOCC)COCC. The maximum absolute atomic E-state index is 11.9. The van der Waals surface area contributed by atoms with Crippen LogP contribution in [0.25, 0.3) is 0 Å². The van der Waals surface area contributed by atoms with Gasteiger partial charge >= 0.3 is 0 Å². The molecule has 8 nitrogen and oxygen atoms in total. The Kier molecular flexibility index (Phi) is 22.5.